The van der Waals surface area contributed by atoms with Gasteiger partial charge in [-0.05, 0) is 61.4 Å². The molecule has 2 fully saturated rings. The Hall–Kier alpha value is -3.46. The van der Waals surface area contributed by atoms with Crippen molar-refractivity contribution in [3.05, 3.63) is 42.0 Å². The molecule has 0 bridgehead atoms. The summed E-state index contributed by atoms with van der Waals surface area (Å²) < 4.78 is 26.0. The van der Waals surface area contributed by atoms with E-state index in [0.717, 1.165) is 36.0 Å². The molecule has 2 aliphatic heterocycles. The number of halogens is 1. The maximum atomic E-state index is 15.0. The number of anilines is 2. The van der Waals surface area contributed by atoms with Gasteiger partial charge in [0.1, 0.15) is 30.5 Å². The van der Waals surface area contributed by atoms with Gasteiger partial charge in [-0.1, -0.05) is 0 Å². The zero-order valence-electron chi connectivity index (χ0n) is 18.2. The number of nitrogens with one attached hydrogen (secondary N) is 3. The average Bonchev–Trinajstić information content (AvgIpc) is 3.37. The number of hydrogen-bond acceptors (Lipinski definition) is 7. The lowest BCUT2D eigenvalue weighted by Crippen LogP contribution is -2.35. The standard InChI is InChI=1S/C24H24FN5O3/c1-13-18(11-28-22-21(13)26-4-5-32-22)17-6-14-8-20(27-10-15(14)7-19(17)25)30-23(31)33-12-24-9-16(24)2-3-29-24/h6-8,10-11,16,26,29H,2-5,9,12H2,1H3,(H,27,30,31)/t16?,24-/m1/s1. The zero-order valence-corrected chi connectivity index (χ0v) is 18.2. The fraction of sp³-hybridized carbons (Fsp3) is 0.375. The molecular weight excluding hydrogens is 425 g/mol. The summed E-state index contributed by atoms with van der Waals surface area (Å²) >= 11 is 0. The number of amides is 1. The second-order valence-electron chi connectivity index (χ2n) is 8.97. The van der Waals surface area contributed by atoms with Crippen molar-refractivity contribution in [1.29, 1.82) is 0 Å². The first-order chi connectivity index (χ1) is 16.0. The monoisotopic (exact) mass is 449 g/mol. The van der Waals surface area contributed by atoms with Crippen molar-refractivity contribution in [1.82, 2.24) is 15.3 Å². The fourth-order valence-electron chi connectivity index (χ4n) is 4.97. The van der Waals surface area contributed by atoms with Gasteiger partial charge in [0.2, 0.25) is 5.88 Å². The molecule has 4 heterocycles. The summed E-state index contributed by atoms with van der Waals surface area (Å²) in [5.41, 5.74) is 2.73. The maximum absolute atomic E-state index is 15.0. The summed E-state index contributed by atoms with van der Waals surface area (Å²) in [7, 11) is 0. The summed E-state index contributed by atoms with van der Waals surface area (Å²) in [5, 5.41) is 10.8. The van der Waals surface area contributed by atoms with Gasteiger partial charge in [0.05, 0.1) is 5.54 Å². The van der Waals surface area contributed by atoms with Gasteiger partial charge < -0.3 is 20.1 Å². The lowest BCUT2D eigenvalue weighted by Gasteiger charge is -2.21. The molecular formula is C24H24FN5O3. The van der Waals surface area contributed by atoms with Gasteiger partial charge in [0.15, 0.2) is 0 Å². The third-order valence-corrected chi connectivity index (χ3v) is 6.94. The Balaban J connectivity index is 1.25. The van der Waals surface area contributed by atoms with Crippen molar-refractivity contribution in [3.63, 3.8) is 0 Å². The fourth-order valence-corrected chi connectivity index (χ4v) is 4.97. The molecule has 0 radical (unpaired) electrons. The lowest BCUT2D eigenvalue weighted by atomic mass is 9.98. The summed E-state index contributed by atoms with van der Waals surface area (Å²) in [6, 6.07) is 4.91. The van der Waals surface area contributed by atoms with E-state index >= 15 is 4.39 Å². The Morgan fingerprint density at radius 1 is 1.24 bits per heavy atom. The van der Waals surface area contributed by atoms with Gasteiger partial charge in [0.25, 0.3) is 0 Å². The molecule has 3 aromatic rings. The lowest BCUT2D eigenvalue weighted by molar-refractivity contribution is 0.144. The molecule has 2 aromatic heterocycles. The Labute approximate surface area is 189 Å². The van der Waals surface area contributed by atoms with Crippen molar-refractivity contribution in [2.45, 2.75) is 25.3 Å². The molecule has 1 amide bonds. The van der Waals surface area contributed by atoms with Gasteiger partial charge >= 0.3 is 6.09 Å². The third-order valence-electron chi connectivity index (χ3n) is 6.94. The molecule has 8 nitrogen and oxygen atoms in total. The Morgan fingerprint density at radius 2 is 2.15 bits per heavy atom. The number of pyridine rings is 2. The predicted molar refractivity (Wildman–Crippen MR) is 122 cm³/mol. The summed E-state index contributed by atoms with van der Waals surface area (Å²) in [6.07, 6.45) is 4.82. The van der Waals surface area contributed by atoms with Crippen LogP contribution in [0.5, 0.6) is 5.88 Å². The van der Waals surface area contributed by atoms with E-state index in [1.807, 2.05) is 6.92 Å². The number of piperidine rings is 1. The van der Waals surface area contributed by atoms with E-state index in [1.165, 1.54) is 6.07 Å². The van der Waals surface area contributed by atoms with Crippen molar-refractivity contribution in [2.24, 2.45) is 5.92 Å². The number of carbonyl (C=O) groups excluding carboxylic acids is 1. The van der Waals surface area contributed by atoms with Crippen LogP contribution in [0, 0.1) is 18.7 Å². The van der Waals surface area contributed by atoms with Gasteiger partial charge in [-0.25, -0.2) is 19.2 Å². The second kappa shape index (κ2) is 7.55. The Kier molecular flexibility index (Phi) is 4.62. The van der Waals surface area contributed by atoms with Crippen molar-refractivity contribution < 1.29 is 18.7 Å². The van der Waals surface area contributed by atoms with Gasteiger partial charge in [-0.2, -0.15) is 0 Å². The highest BCUT2D eigenvalue weighted by Crippen LogP contribution is 2.49. The predicted octanol–water partition coefficient (Wildman–Crippen LogP) is 3.85. The summed E-state index contributed by atoms with van der Waals surface area (Å²) in [6.45, 7) is 4.47. The van der Waals surface area contributed by atoms with E-state index in [-0.39, 0.29) is 11.4 Å². The Morgan fingerprint density at radius 3 is 2.97 bits per heavy atom. The highest BCUT2D eigenvalue weighted by atomic mass is 19.1. The van der Waals surface area contributed by atoms with Gasteiger partial charge in [-0.15, -0.1) is 0 Å². The van der Waals surface area contributed by atoms with Crippen LogP contribution in [0.4, 0.5) is 20.7 Å². The molecule has 1 saturated carbocycles. The number of benzene rings is 1. The molecule has 3 N–H and O–H groups in total. The first kappa shape index (κ1) is 20.2. The smallest absolute Gasteiger partial charge is 0.412 e. The van der Waals surface area contributed by atoms with Gasteiger partial charge in [0, 0.05) is 35.5 Å². The van der Waals surface area contributed by atoms with Crippen molar-refractivity contribution in [2.75, 3.05) is 36.9 Å². The number of aromatic nitrogens is 2. The number of hydrogen-bond donors (Lipinski definition) is 3. The molecule has 1 unspecified atom stereocenters. The highest BCUT2D eigenvalue weighted by molar-refractivity contribution is 5.92. The highest BCUT2D eigenvalue weighted by Gasteiger charge is 2.57. The number of ether oxygens (including phenoxy) is 2. The zero-order chi connectivity index (χ0) is 22.6. The van der Waals surface area contributed by atoms with E-state index in [0.29, 0.717) is 53.9 Å². The number of carbonyl (C=O) groups is 1. The van der Waals surface area contributed by atoms with Crippen LogP contribution in [-0.2, 0) is 4.74 Å². The van der Waals surface area contributed by atoms with Gasteiger partial charge in [-0.3, -0.25) is 5.32 Å². The first-order valence-corrected chi connectivity index (χ1v) is 11.2. The molecule has 3 aliphatic rings. The molecule has 6 rings (SSSR count). The topological polar surface area (TPSA) is 97.4 Å². The van der Waals surface area contributed by atoms with Crippen LogP contribution in [0.3, 0.4) is 0 Å². The van der Waals surface area contributed by atoms with E-state index < -0.39 is 6.09 Å². The van der Waals surface area contributed by atoms with E-state index in [9.17, 15) is 4.79 Å². The molecule has 1 aliphatic carbocycles. The number of fused-ring (bicyclic) bond motifs is 3. The SMILES string of the molecule is Cc1c(-c2cc3cc(NC(=O)OC[C@]45CC4CCN5)ncc3cc2F)cnc2c1NCCO2. The first-order valence-electron chi connectivity index (χ1n) is 11.2. The minimum atomic E-state index is -0.543. The summed E-state index contributed by atoms with van der Waals surface area (Å²) in [4.78, 5) is 20.9. The van der Waals surface area contributed by atoms with Crippen LogP contribution in [0.25, 0.3) is 21.9 Å². The minimum absolute atomic E-state index is 0.0265. The quantitative estimate of drug-likeness (QED) is 0.557. The summed E-state index contributed by atoms with van der Waals surface area (Å²) in [5.74, 6) is 1.13. The van der Waals surface area contributed by atoms with Crippen LogP contribution >= 0.6 is 0 Å². The van der Waals surface area contributed by atoms with Crippen LogP contribution in [0.1, 0.15) is 18.4 Å². The van der Waals surface area contributed by atoms with Crippen LogP contribution in [0.2, 0.25) is 0 Å². The van der Waals surface area contributed by atoms with Crippen molar-refractivity contribution >= 4 is 28.4 Å². The molecule has 33 heavy (non-hydrogen) atoms. The van der Waals surface area contributed by atoms with E-state index in [4.69, 9.17) is 9.47 Å². The molecule has 9 heteroatoms. The largest absolute Gasteiger partial charge is 0.474 e. The van der Waals surface area contributed by atoms with Crippen molar-refractivity contribution in [3.8, 4) is 17.0 Å². The maximum Gasteiger partial charge on any atom is 0.412 e. The van der Waals surface area contributed by atoms with E-state index in [1.54, 1.807) is 24.5 Å². The van der Waals surface area contributed by atoms with Crippen LogP contribution < -0.4 is 20.7 Å². The average molecular weight is 449 g/mol. The molecule has 0 spiro atoms. The van der Waals surface area contributed by atoms with E-state index in [2.05, 4.69) is 25.9 Å². The molecule has 2 atom stereocenters. The number of nitrogens with zero attached hydrogens (tertiary/aromatic N) is 2. The molecule has 1 aromatic carbocycles. The molecule has 170 valence electrons. The third kappa shape index (κ3) is 3.52. The number of rotatable bonds is 4. The second-order valence-corrected chi connectivity index (χ2v) is 8.97. The minimum Gasteiger partial charge on any atom is -0.474 e. The normalized spacial score (nSPS) is 22.7. The van der Waals surface area contributed by atoms with Crippen LogP contribution in [-0.4, -0.2) is 47.9 Å². The molecule has 1 saturated heterocycles. The van der Waals surface area contributed by atoms with Crippen LogP contribution in [0.15, 0.2) is 30.6 Å². The Bertz CT molecular complexity index is 1280.